The molecule has 3 heteroatoms. The Bertz CT molecular complexity index is 418. The van der Waals surface area contributed by atoms with Gasteiger partial charge in [-0.2, -0.15) is 0 Å². The molecule has 86 valence electrons. The number of aromatic nitrogens is 2. The van der Waals surface area contributed by atoms with Crippen molar-refractivity contribution in [2.24, 2.45) is 0 Å². The quantitative estimate of drug-likeness (QED) is 0.824. The maximum absolute atomic E-state index is 12.6. The summed E-state index contributed by atoms with van der Waals surface area (Å²) in [5, 5.41) is 0. The molecule has 0 aliphatic carbocycles. The Morgan fingerprint density at radius 2 is 1.81 bits per heavy atom. The Labute approximate surface area is 95.5 Å². The Balaban J connectivity index is 0.000000606. The number of aryl methyl sites for hydroxylation is 1. The van der Waals surface area contributed by atoms with Gasteiger partial charge in [0.1, 0.15) is 11.6 Å². The minimum atomic E-state index is -0.204. The lowest BCUT2D eigenvalue weighted by Crippen LogP contribution is -1.90. The molecule has 2 rings (SSSR count). The molecule has 0 bridgehead atoms. The molecule has 1 aromatic heterocycles. The molecule has 0 fully saturated rings. The number of halogens is 1. The van der Waals surface area contributed by atoms with E-state index in [9.17, 15) is 4.39 Å². The molecule has 0 saturated carbocycles. The number of nitrogens with zero attached hydrogens (tertiary/aromatic N) is 1. The zero-order valence-electron chi connectivity index (χ0n) is 9.92. The van der Waals surface area contributed by atoms with E-state index in [0.29, 0.717) is 6.42 Å². The first-order valence-corrected chi connectivity index (χ1v) is 5.49. The number of benzene rings is 1. The van der Waals surface area contributed by atoms with Crippen LogP contribution in [0.2, 0.25) is 0 Å². The van der Waals surface area contributed by atoms with E-state index >= 15 is 0 Å². The van der Waals surface area contributed by atoms with E-state index in [2.05, 4.69) is 9.97 Å². The van der Waals surface area contributed by atoms with Crippen molar-refractivity contribution in [2.45, 2.75) is 27.2 Å². The van der Waals surface area contributed by atoms with Crippen LogP contribution in [-0.2, 0) is 6.42 Å². The minimum Gasteiger partial charge on any atom is -0.346 e. The molecule has 0 atom stereocenters. The lowest BCUT2D eigenvalue weighted by Gasteiger charge is -1.97. The van der Waals surface area contributed by atoms with Crippen molar-refractivity contribution in [2.75, 3.05) is 0 Å². The van der Waals surface area contributed by atoms with Crippen molar-refractivity contribution in [3.8, 4) is 0 Å². The van der Waals surface area contributed by atoms with Gasteiger partial charge in [0.25, 0.3) is 0 Å². The van der Waals surface area contributed by atoms with E-state index < -0.39 is 0 Å². The highest BCUT2D eigenvalue weighted by atomic mass is 19.1. The average molecular weight is 220 g/mol. The van der Waals surface area contributed by atoms with Crippen molar-refractivity contribution in [3.05, 3.63) is 53.4 Å². The first kappa shape index (κ1) is 12.4. The maximum Gasteiger partial charge on any atom is 0.123 e. The zero-order chi connectivity index (χ0) is 12.0. The van der Waals surface area contributed by atoms with Gasteiger partial charge in [-0.15, -0.1) is 0 Å². The molecule has 1 aromatic carbocycles. The van der Waals surface area contributed by atoms with Crippen LogP contribution in [0.3, 0.4) is 0 Å². The van der Waals surface area contributed by atoms with Crippen molar-refractivity contribution in [3.63, 3.8) is 0 Å². The van der Waals surface area contributed by atoms with Gasteiger partial charge in [0.15, 0.2) is 0 Å². The van der Waals surface area contributed by atoms with Gasteiger partial charge < -0.3 is 4.98 Å². The summed E-state index contributed by atoms with van der Waals surface area (Å²) < 4.78 is 12.6. The van der Waals surface area contributed by atoms with Gasteiger partial charge in [-0.05, 0) is 24.6 Å². The molecule has 0 aliphatic heterocycles. The standard InChI is InChI=1S/C11H11FN2.C2H6/c1-8-7-13-11(14-8)6-9-2-4-10(12)5-3-9;1-2/h2-5,7H,6H2,1H3,(H,13,14);1-2H3. The van der Waals surface area contributed by atoms with E-state index in [1.165, 1.54) is 12.1 Å². The third-order valence-electron chi connectivity index (χ3n) is 2.04. The number of imidazole rings is 1. The number of hydrogen-bond acceptors (Lipinski definition) is 1. The summed E-state index contributed by atoms with van der Waals surface area (Å²) in [5.41, 5.74) is 2.10. The highest BCUT2D eigenvalue weighted by Crippen LogP contribution is 2.07. The normalized spacial score (nSPS) is 9.50. The number of aromatic amines is 1. The van der Waals surface area contributed by atoms with Crippen molar-refractivity contribution in [1.29, 1.82) is 0 Å². The second kappa shape index (κ2) is 6.05. The van der Waals surface area contributed by atoms with Gasteiger partial charge in [-0.1, -0.05) is 26.0 Å². The lowest BCUT2D eigenvalue weighted by molar-refractivity contribution is 0.627. The summed E-state index contributed by atoms with van der Waals surface area (Å²) >= 11 is 0. The van der Waals surface area contributed by atoms with Gasteiger partial charge in [-0.3, -0.25) is 0 Å². The second-order valence-corrected chi connectivity index (χ2v) is 3.32. The fourth-order valence-corrected chi connectivity index (χ4v) is 1.35. The fourth-order valence-electron chi connectivity index (χ4n) is 1.35. The predicted octanol–water partition coefficient (Wildman–Crippen LogP) is 3.47. The molecule has 16 heavy (non-hydrogen) atoms. The number of hydrogen-bond donors (Lipinski definition) is 1. The fraction of sp³-hybridized carbons (Fsp3) is 0.308. The van der Waals surface area contributed by atoms with Crippen LogP contribution in [0.4, 0.5) is 4.39 Å². The third-order valence-corrected chi connectivity index (χ3v) is 2.04. The Hall–Kier alpha value is -1.64. The molecular formula is C13H17FN2. The molecule has 0 unspecified atom stereocenters. The van der Waals surface area contributed by atoms with Crippen LogP contribution in [-0.4, -0.2) is 9.97 Å². The SMILES string of the molecule is CC.Cc1cnc(Cc2ccc(F)cc2)[nH]1. The number of nitrogens with one attached hydrogen (secondary N) is 1. The molecule has 0 saturated heterocycles. The highest BCUT2D eigenvalue weighted by molar-refractivity contribution is 5.20. The van der Waals surface area contributed by atoms with Gasteiger partial charge in [-0.25, -0.2) is 9.37 Å². The highest BCUT2D eigenvalue weighted by Gasteiger charge is 1.99. The molecule has 2 aromatic rings. The lowest BCUT2D eigenvalue weighted by atomic mass is 10.1. The van der Waals surface area contributed by atoms with Crippen LogP contribution < -0.4 is 0 Å². The van der Waals surface area contributed by atoms with Crippen molar-refractivity contribution in [1.82, 2.24) is 9.97 Å². The summed E-state index contributed by atoms with van der Waals surface area (Å²) in [6, 6.07) is 6.47. The first-order chi connectivity index (χ1) is 7.74. The van der Waals surface area contributed by atoms with Crippen LogP contribution >= 0.6 is 0 Å². The monoisotopic (exact) mass is 220 g/mol. The topological polar surface area (TPSA) is 28.7 Å². The Morgan fingerprint density at radius 3 is 2.31 bits per heavy atom. The summed E-state index contributed by atoms with van der Waals surface area (Å²) in [5.74, 6) is 0.707. The third kappa shape index (κ3) is 3.50. The first-order valence-electron chi connectivity index (χ1n) is 5.49. The Morgan fingerprint density at radius 1 is 1.19 bits per heavy atom. The van der Waals surface area contributed by atoms with E-state index in [4.69, 9.17) is 0 Å². The largest absolute Gasteiger partial charge is 0.346 e. The van der Waals surface area contributed by atoms with E-state index in [1.54, 1.807) is 18.3 Å². The van der Waals surface area contributed by atoms with Gasteiger partial charge in [0.05, 0.1) is 0 Å². The average Bonchev–Trinajstić information content (AvgIpc) is 2.70. The van der Waals surface area contributed by atoms with Gasteiger partial charge >= 0.3 is 0 Å². The predicted molar refractivity (Wildman–Crippen MR) is 63.9 cm³/mol. The molecular weight excluding hydrogens is 203 g/mol. The van der Waals surface area contributed by atoms with E-state index in [1.807, 2.05) is 20.8 Å². The van der Waals surface area contributed by atoms with Crippen LogP contribution in [0.5, 0.6) is 0 Å². The van der Waals surface area contributed by atoms with Crippen LogP contribution in [0.15, 0.2) is 30.5 Å². The second-order valence-electron chi connectivity index (χ2n) is 3.32. The summed E-state index contributed by atoms with van der Waals surface area (Å²) in [6.45, 7) is 5.96. The van der Waals surface area contributed by atoms with E-state index in [0.717, 1.165) is 17.1 Å². The van der Waals surface area contributed by atoms with Crippen LogP contribution in [0, 0.1) is 12.7 Å². The van der Waals surface area contributed by atoms with Gasteiger partial charge in [0.2, 0.25) is 0 Å². The van der Waals surface area contributed by atoms with Crippen LogP contribution in [0.1, 0.15) is 30.9 Å². The van der Waals surface area contributed by atoms with Gasteiger partial charge in [0, 0.05) is 18.3 Å². The van der Waals surface area contributed by atoms with Crippen LogP contribution in [0.25, 0.3) is 0 Å². The summed E-state index contributed by atoms with van der Waals surface area (Å²) in [4.78, 5) is 7.32. The molecule has 0 radical (unpaired) electrons. The molecule has 0 spiro atoms. The molecule has 0 aliphatic rings. The number of rotatable bonds is 2. The van der Waals surface area contributed by atoms with Crippen molar-refractivity contribution >= 4 is 0 Å². The molecule has 1 N–H and O–H groups in total. The molecule has 2 nitrogen and oxygen atoms in total. The van der Waals surface area contributed by atoms with Crippen molar-refractivity contribution < 1.29 is 4.39 Å². The maximum atomic E-state index is 12.6. The molecule has 1 heterocycles. The smallest absolute Gasteiger partial charge is 0.123 e. The summed E-state index contributed by atoms with van der Waals surface area (Å²) in [7, 11) is 0. The molecule has 0 amide bonds. The number of H-pyrrole nitrogens is 1. The zero-order valence-corrected chi connectivity index (χ0v) is 9.92. The minimum absolute atomic E-state index is 0.204. The summed E-state index contributed by atoms with van der Waals surface area (Å²) in [6.07, 6.45) is 2.51. The Kier molecular flexibility index (Phi) is 4.70. The van der Waals surface area contributed by atoms with E-state index in [-0.39, 0.29) is 5.82 Å².